The van der Waals surface area contributed by atoms with Gasteiger partial charge in [0.15, 0.2) is 0 Å². The molecule has 0 aliphatic carbocycles. The molecule has 0 rings (SSSR count). The van der Waals surface area contributed by atoms with Crippen LogP contribution in [0.4, 0.5) is 0 Å². The van der Waals surface area contributed by atoms with E-state index in [1.54, 1.807) is 0 Å². The molecule has 1 unspecified atom stereocenters. The van der Waals surface area contributed by atoms with Gasteiger partial charge in [0.05, 0.1) is 6.61 Å². The number of rotatable bonds is 5. The van der Waals surface area contributed by atoms with Gasteiger partial charge in [-0.15, -0.1) is 0 Å². The lowest BCUT2D eigenvalue weighted by molar-refractivity contribution is -0.134. The SMILES string of the molecule is CC(=O)O.CCCC(=CC(C)CC)CO. The van der Waals surface area contributed by atoms with Crippen LogP contribution in [0.5, 0.6) is 0 Å². The molecule has 0 aromatic carbocycles. The molecule has 90 valence electrons. The fraction of sp³-hybridized carbons (Fsp3) is 0.750. The van der Waals surface area contributed by atoms with E-state index in [2.05, 4.69) is 26.8 Å². The van der Waals surface area contributed by atoms with Crippen LogP contribution >= 0.6 is 0 Å². The van der Waals surface area contributed by atoms with Crippen LogP contribution in [0.15, 0.2) is 11.6 Å². The van der Waals surface area contributed by atoms with E-state index in [9.17, 15) is 0 Å². The van der Waals surface area contributed by atoms with E-state index >= 15 is 0 Å². The highest BCUT2D eigenvalue weighted by Crippen LogP contribution is 2.10. The number of aliphatic carboxylic acids is 1. The Morgan fingerprint density at radius 3 is 2.13 bits per heavy atom. The summed E-state index contributed by atoms with van der Waals surface area (Å²) in [6, 6.07) is 0. The first-order valence-corrected chi connectivity index (χ1v) is 5.47. The highest BCUT2D eigenvalue weighted by atomic mass is 16.4. The number of hydrogen-bond acceptors (Lipinski definition) is 2. The van der Waals surface area contributed by atoms with E-state index in [1.807, 2.05) is 0 Å². The first-order valence-electron chi connectivity index (χ1n) is 5.47. The number of aliphatic hydroxyl groups excluding tert-OH is 1. The molecule has 1 atom stereocenters. The van der Waals surface area contributed by atoms with Gasteiger partial charge in [-0.1, -0.05) is 39.7 Å². The van der Waals surface area contributed by atoms with Crippen molar-refractivity contribution in [2.45, 2.75) is 47.0 Å². The molecular formula is C12H24O3. The van der Waals surface area contributed by atoms with Gasteiger partial charge < -0.3 is 10.2 Å². The molecule has 3 heteroatoms. The molecule has 0 spiro atoms. The van der Waals surface area contributed by atoms with Crippen molar-refractivity contribution in [3.63, 3.8) is 0 Å². The molecule has 0 aliphatic rings. The van der Waals surface area contributed by atoms with Gasteiger partial charge in [0.25, 0.3) is 5.97 Å². The Morgan fingerprint density at radius 1 is 1.40 bits per heavy atom. The Labute approximate surface area is 92.8 Å². The van der Waals surface area contributed by atoms with E-state index in [-0.39, 0.29) is 6.61 Å². The molecule has 0 aliphatic heterocycles. The second kappa shape index (κ2) is 11.2. The molecule has 0 heterocycles. The molecular weight excluding hydrogens is 192 g/mol. The lowest BCUT2D eigenvalue weighted by Gasteiger charge is -2.05. The quantitative estimate of drug-likeness (QED) is 0.695. The second-order valence-electron chi connectivity index (χ2n) is 3.64. The summed E-state index contributed by atoms with van der Waals surface area (Å²) >= 11 is 0. The standard InChI is InChI=1S/C10H20O.C2H4O2/c1-4-6-10(8-11)7-9(3)5-2;1-2(3)4/h7,9,11H,4-6,8H2,1-3H3;1H3,(H,3,4). The average molecular weight is 216 g/mol. The molecule has 2 N–H and O–H groups in total. The maximum absolute atomic E-state index is 9.00. The van der Waals surface area contributed by atoms with Crippen molar-refractivity contribution >= 4 is 5.97 Å². The lowest BCUT2D eigenvalue weighted by atomic mass is 10.0. The van der Waals surface area contributed by atoms with Crippen LogP contribution < -0.4 is 0 Å². The van der Waals surface area contributed by atoms with Gasteiger partial charge >= 0.3 is 0 Å². The topological polar surface area (TPSA) is 57.5 Å². The average Bonchev–Trinajstić information content (AvgIpc) is 2.16. The summed E-state index contributed by atoms with van der Waals surface area (Å²) in [7, 11) is 0. The van der Waals surface area contributed by atoms with Gasteiger partial charge in [-0.2, -0.15) is 0 Å². The van der Waals surface area contributed by atoms with Crippen molar-refractivity contribution in [3.8, 4) is 0 Å². The summed E-state index contributed by atoms with van der Waals surface area (Å²) in [4.78, 5) is 9.00. The number of aliphatic hydroxyl groups is 1. The zero-order chi connectivity index (χ0) is 12.3. The summed E-state index contributed by atoms with van der Waals surface area (Å²) in [5.74, 6) is -0.219. The predicted octanol–water partition coefficient (Wildman–Crippen LogP) is 2.84. The van der Waals surface area contributed by atoms with Crippen molar-refractivity contribution in [1.82, 2.24) is 0 Å². The number of hydrogen-bond donors (Lipinski definition) is 2. The predicted molar refractivity (Wildman–Crippen MR) is 62.8 cm³/mol. The summed E-state index contributed by atoms with van der Waals surface area (Å²) in [5, 5.41) is 16.3. The molecule has 0 aromatic rings. The van der Waals surface area contributed by atoms with E-state index < -0.39 is 5.97 Å². The molecule has 0 bridgehead atoms. The van der Waals surface area contributed by atoms with Crippen LogP contribution in [0.3, 0.4) is 0 Å². The minimum atomic E-state index is -0.833. The maximum Gasteiger partial charge on any atom is 0.300 e. The molecule has 0 aromatic heterocycles. The molecule has 0 saturated carbocycles. The van der Waals surface area contributed by atoms with Crippen LogP contribution in [0, 0.1) is 5.92 Å². The van der Waals surface area contributed by atoms with Crippen LogP contribution in [-0.2, 0) is 4.79 Å². The Hall–Kier alpha value is -0.830. The van der Waals surface area contributed by atoms with Crippen molar-refractivity contribution in [3.05, 3.63) is 11.6 Å². The van der Waals surface area contributed by atoms with Crippen molar-refractivity contribution in [2.75, 3.05) is 6.61 Å². The van der Waals surface area contributed by atoms with Crippen LogP contribution in [0.2, 0.25) is 0 Å². The Bertz CT molecular complexity index is 181. The molecule has 0 radical (unpaired) electrons. The first kappa shape index (κ1) is 16.6. The van der Waals surface area contributed by atoms with Gasteiger partial charge in [-0.05, 0) is 17.9 Å². The third kappa shape index (κ3) is 15.9. The summed E-state index contributed by atoms with van der Waals surface area (Å²) < 4.78 is 0. The minimum absolute atomic E-state index is 0.234. The molecule has 0 amide bonds. The van der Waals surface area contributed by atoms with E-state index in [4.69, 9.17) is 15.0 Å². The van der Waals surface area contributed by atoms with Gasteiger partial charge in [-0.25, -0.2) is 0 Å². The van der Waals surface area contributed by atoms with Crippen molar-refractivity contribution in [2.24, 2.45) is 5.92 Å². The van der Waals surface area contributed by atoms with E-state index in [0.29, 0.717) is 5.92 Å². The minimum Gasteiger partial charge on any atom is -0.481 e. The first-order chi connectivity index (χ1) is 6.97. The fourth-order valence-corrected chi connectivity index (χ4v) is 1.06. The van der Waals surface area contributed by atoms with Gasteiger partial charge in [0, 0.05) is 6.92 Å². The fourth-order valence-electron chi connectivity index (χ4n) is 1.06. The monoisotopic (exact) mass is 216 g/mol. The molecule has 0 fully saturated rings. The zero-order valence-electron chi connectivity index (χ0n) is 10.3. The molecule has 3 nitrogen and oxygen atoms in total. The number of allylic oxidation sites excluding steroid dienone is 1. The highest BCUT2D eigenvalue weighted by molar-refractivity contribution is 5.62. The normalized spacial score (nSPS) is 12.7. The highest BCUT2D eigenvalue weighted by Gasteiger charge is 1.97. The second-order valence-corrected chi connectivity index (χ2v) is 3.64. The van der Waals surface area contributed by atoms with Gasteiger partial charge in [0.1, 0.15) is 0 Å². The number of carboxylic acids is 1. The summed E-state index contributed by atoms with van der Waals surface area (Å²) in [6.45, 7) is 7.81. The van der Waals surface area contributed by atoms with Crippen molar-refractivity contribution in [1.29, 1.82) is 0 Å². The third-order valence-electron chi connectivity index (χ3n) is 1.94. The Balaban J connectivity index is 0. The largest absolute Gasteiger partial charge is 0.481 e. The lowest BCUT2D eigenvalue weighted by Crippen LogP contribution is -1.94. The summed E-state index contributed by atoms with van der Waals surface area (Å²) in [6.07, 6.45) is 5.53. The number of carbonyl (C=O) groups is 1. The Kier molecular flexibility index (Phi) is 12.4. The van der Waals surface area contributed by atoms with E-state index in [0.717, 1.165) is 26.2 Å². The maximum atomic E-state index is 9.00. The van der Waals surface area contributed by atoms with Crippen LogP contribution in [-0.4, -0.2) is 22.8 Å². The Morgan fingerprint density at radius 2 is 1.87 bits per heavy atom. The molecule has 0 saturated heterocycles. The van der Waals surface area contributed by atoms with Crippen molar-refractivity contribution < 1.29 is 15.0 Å². The number of carboxylic acid groups (broad SMARTS) is 1. The van der Waals surface area contributed by atoms with Gasteiger partial charge in [-0.3, -0.25) is 4.79 Å². The smallest absolute Gasteiger partial charge is 0.300 e. The van der Waals surface area contributed by atoms with Crippen LogP contribution in [0.25, 0.3) is 0 Å². The third-order valence-corrected chi connectivity index (χ3v) is 1.94. The summed E-state index contributed by atoms with van der Waals surface area (Å²) in [5.41, 5.74) is 1.20. The zero-order valence-corrected chi connectivity index (χ0v) is 10.3. The molecule has 15 heavy (non-hydrogen) atoms. The van der Waals surface area contributed by atoms with E-state index in [1.165, 1.54) is 5.57 Å². The van der Waals surface area contributed by atoms with Gasteiger partial charge in [0.2, 0.25) is 0 Å². The van der Waals surface area contributed by atoms with Crippen LogP contribution in [0.1, 0.15) is 47.0 Å².